The zero-order valence-corrected chi connectivity index (χ0v) is 10.5. The van der Waals surface area contributed by atoms with Crippen LogP contribution in [0.2, 0.25) is 0 Å². The molecule has 0 saturated carbocycles. The van der Waals surface area contributed by atoms with Gasteiger partial charge in [-0.15, -0.1) is 0 Å². The van der Waals surface area contributed by atoms with Crippen molar-refractivity contribution in [1.82, 2.24) is 4.98 Å². The first kappa shape index (κ1) is 12.4. The van der Waals surface area contributed by atoms with E-state index in [0.29, 0.717) is 12.2 Å². The van der Waals surface area contributed by atoms with Crippen LogP contribution >= 0.6 is 11.8 Å². The lowest BCUT2D eigenvalue weighted by atomic mass is 10.0. The molecular formula is C13H12N4S. The summed E-state index contributed by atoms with van der Waals surface area (Å²) in [5.41, 5.74) is 7.44. The number of hydrogen-bond donors (Lipinski definition) is 2. The molecule has 2 aromatic rings. The summed E-state index contributed by atoms with van der Waals surface area (Å²) in [6, 6.07) is 8.03. The third-order valence-electron chi connectivity index (χ3n) is 2.65. The Kier molecular flexibility index (Phi) is 3.80. The predicted octanol–water partition coefficient (Wildman–Crippen LogP) is 2.43. The van der Waals surface area contributed by atoms with Crippen molar-refractivity contribution in [2.45, 2.75) is 12.2 Å². The van der Waals surface area contributed by atoms with E-state index in [9.17, 15) is 0 Å². The average molecular weight is 256 g/mol. The maximum Gasteiger partial charge on any atom is 0.151 e. The topological polar surface area (TPSA) is 86.5 Å². The minimum Gasteiger partial charge on any atom is -0.379 e. The Labute approximate surface area is 109 Å². The molecule has 0 radical (unpaired) electrons. The summed E-state index contributed by atoms with van der Waals surface area (Å²) in [4.78, 5) is 4.12. The lowest BCUT2D eigenvalue weighted by molar-refractivity contribution is 1.26. The lowest BCUT2D eigenvalue weighted by Gasteiger charge is -2.08. The van der Waals surface area contributed by atoms with Crippen LogP contribution in [0.25, 0.3) is 10.8 Å². The highest BCUT2D eigenvalue weighted by Crippen LogP contribution is 2.25. The molecule has 1 heterocycles. The highest BCUT2D eigenvalue weighted by atomic mass is 32.2. The number of fused-ring (bicyclic) bond motifs is 1. The molecule has 0 saturated heterocycles. The number of rotatable bonds is 3. The second-order valence-corrected chi connectivity index (χ2v) is 4.81. The maximum absolute atomic E-state index is 8.81. The van der Waals surface area contributed by atoms with Crippen LogP contribution < -0.4 is 5.73 Å². The van der Waals surface area contributed by atoms with Crippen molar-refractivity contribution in [3.8, 4) is 6.07 Å². The van der Waals surface area contributed by atoms with E-state index in [0.717, 1.165) is 21.9 Å². The van der Waals surface area contributed by atoms with Crippen LogP contribution in [0.5, 0.6) is 0 Å². The second kappa shape index (κ2) is 5.52. The van der Waals surface area contributed by atoms with Gasteiger partial charge in [-0.1, -0.05) is 23.9 Å². The highest BCUT2D eigenvalue weighted by Gasteiger charge is 2.06. The number of aromatic nitrogens is 1. The van der Waals surface area contributed by atoms with E-state index < -0.39 is 0 Å². The van der Waals surface area contributed by atoms with E-state index in [1.807, 2.05) is 18.2 Å². The number of amidine groups is 1. The third kappa shape index (κ3) is 2.60. The van der Waals surface area contributed by atoms with Crippen molar-refractivity contribution < 1.29 is 0 Å². The summed E-state index contributed by atoms with van der Waals surface area (Å²) >= 11 is 1.29. The molecular weight excluding hydrogens is 244 g/mol. The predicted molar refractivity (Wildman–Crippen MR) is 74.3 cm³/mol. The van der Waals surface area contributed by atoms with E-state index in [1.54, 1.807) is 12.4 Å². The molecule has 5 heteroatoms. The zero-order chi connectivity index (χ0) is 13.0. The van der Waals surface area contributed by atoms with Gasteiger partial charge in [0.05, 0.1) is 12.5 Å². The number of nitrogens with one attached hydrogen (secondary N) is 1. The molecule has 2 rings (SSSR count). The fourth-order valence-electron chi connectivity index (χ4n) is 1.83. The molecule has 90 valence electrons. The van der Waals surface area contributed by atoms with Crippen molar-refractivity contribution >= 4 is 27.7 Å². The molecule has 18 heavy (non-hydrogen) atoms. The molecule has 0 atom stereocenters. The molecule has 3 N–H and O–H groups in total. The van der Waals surface area contributed by atoms with Gasteiger partial charge < -0.3 is 5.73 Å². The maximum atomic E-state index is 8.81. The first-order valence-corrected chi connectivity index (χ1v) is 6.39. The summed E-state index contributed by atoms with van der Waals surface area (Å²) in [6.45, 7) is 0. The van der Waals surface area contributed by atoms with Gasteiger partial charge in [-0.3, -0.25) is 10.4 Å². The summed E-state index contributed by atoms with van der Waals surface area (Å²) in [6.07, 6.45) is 3.91. The SMILES string of the molecule is N#CCc1ccc(CSC(=N)N)c2cnccc12. The molecule has 1 aromatic carbocycles. The van der Waals surface area contributed by atoms with Gasteiger partial charge in [0.25, 0.3) is 0 Å². The minimum atomic E-state index is 0.105. The van der Waals surface area contributed by atoms with Crippen molar-refractivity contribution in [2.75, 3.05) is 0 Å². The minimum absolute atomic E-state index is 0.105. The molecule has 0 aliphatic heterocycles. The monoisotopic (exact) mass is 256 g/mol. The van der Waals surface area contributed by atoms with Crippen LogP contribution in [-0.2, 0) is 12.2 Å². The largest absolute Gasteiger partial charge is 0.379 e. The van der Waals surface area contributed by atoms with Crippen molar-refractivity contribution in [3.63, 3.8) is 0 Å². The van der Waals surface area contributed by atoms with Crippen LogP contribution in [0.15, 0.2) is 30.6 Å². The Balaban J connectivity index is 2.47. The number of nitriles is 1. The molecule has 0 amide bonds. The van der Waals surface area contributed by atoms with E-state index in [-0.39, 0.29) is 5.17 Å². The van der Waals surface area contributed by atoms with Gasteiger partial charge >= 0.3 is 0 Å². The van der Waals surface area contributed by atoms with Gasteiger partial charge in [-0.05, 0) is 22.6 Å². The number of pyridine rings is 1. The molecule has 4 nitrogen and oxygen atoms in total. The summed E-state index contributed by atoms with van der Waals surface area (Å²) in [5, 5.41) is 18.2. The zero-order valence-electron chi connectivity index (χ0n) is 9.68. The van der Waals surface area contributed by atoms with Crippen molar-refractivity contribution in [3.05, 3.63) is 41.7 Å². The fraction of sp³-hybridized carbons (Fsp3) is 0.154. The molecule has 0 unspecified atom stereocenters. The summed E-state index contributed by atoms with van der Waals surface area (Å²) < 4.78 is 0. The highest BCUT2D eigenvalue weighted by molar-refractivity contribution is 8.13. The molecule has 0 aliphatic rings. The van der Waals surface area contributed by atoms with E-state index in [1.165, 1.54) is 11.8 Å². The molecule has 0 fully saturated rings. The van der Waals surface area contributed by atoms with Gasteiger partial charge in [0.1, 0.15) is 0 Å². The molecule has 0 aliphatic carbocycles. The summed E-state index contributed by atoms with van der Waals surface area (Å²) in [5.74, 6) is 0.643. The Morgan fingerprint density at radius 1 is 1.33 bits per heavy atom. The Bertz CT molecular complexity index is 630. The number of nitrogens with zero attached hydrogens (tertiary/aromatic N) is 2. The van der Waals surface area contributed by atoms with Gasteiger partial charge in [0.15, 0.2) is 5.17 Å². The first-order chi connectivity index (χ1) is 8.72. The van der Waals surface area contributed by atoms with Crippen LogP contribution in [0, 0.1) is 16.7 Å². The number of nitrogens with two attached hydrogens (primary N) is 1. The van der Waals surface area contributed by atoms with Gasteiger partial charge in [0.2, 0.25) is 0 Å². The van der Waals surface area contributed by atoms with Gasteiger partial charge in [-0.2, -0.15) is 5.26 Å². The lowest BCUT2D eigenvalue weighted by Crippen LogP contribution is -2.04. The first-order valence-electron chi connectivity index (χ1n) is 5.40. The molecule has 0 bridgehead atoms. The number of benzene rings is 1. The van der Waals surface area contributed by atoms with Crippen LogP contribution in [-0.4, -0.2) is 10.2 Å². The average Bonchev–Trinajstić information content (AvgIpc) is 2.38. The third-order valence-corrected chi connectivity index (χ3v) is 3.42. The smallest absolute Gasteiger partial charge is 0.151 e. The summed E-state index contributed by atoms with van der Waals surface area (Å²) in [7, 11) is 0. The number of thioether (sulfide) groups is 1. The molecule has 0 spiro atoms. The van der Waals surface area contributed by atoms with E-state index >= 15 is 0 Å². The van der Waals surface area contributed by atoms with Crippen molar-refractivity contribution in [1.29, 1.82) is 10.7 Å². The Morgan fingerprint density at radius 2 is 2.11 bits per heavy atom. The van der Waals surface area contributed by atoms with Crippen LogP contribution in [0.3, 0.4) is 0 Å². The van der Waals surface area contributed by atoms with Gasteiger partial charge in [-0.25, -0.2) is 0 Å². The standard InChI is InChI=1S/C13H12N4S/c14-5-3-9-1-2-10(8-18-13(15)16)12-7-17-6-4-11(9)12/h1-2,4,6-7H,3,8H2,(H3,15,16). The second-order valence-electron chi connectivity index (χ2n) is 3.79. The number of hydrogen-bond acceptors (Lipinski definition) is 4. The quantitative estimate of drug-likeness (QED) is 0.652. The fourth-order valence-corrected chi connectivity index (χ4v) is 2.39. The molecule has 1 aromatic heterocycles. The normalized spacial score (nSPS) is 10.2. The Hall–Kier alpha value is -2.06. The van der Waals surface area contributed by atoms with Crippen molar-refractivity contribution in [2.24, 2.45) is 5.73 Å². The van der Waals surface area contributed by atoms with Gasteiger partial charge in [0, 0.05) is 23.5 Å². The van der Waals surface area contributed by atoms with Crippen LogP contribution in [0.1, 0.15) is 11.1 Å². The Morgan fingerprint density at radius 3 is 2.83 bits per heavy atom. The van der Waals surface area contributed by atoms with E-state index in [4.69, 9.17) is 16.4 Å². The van der Waals surface area contributed by atoms with E-state index in [2.05, 4.69) is 11.1 Å². The van der Waals surface area contributed by atoms with Crippen LogP contribution in [0.4, 0.5) is 0 Å².